The van der Waals surface area contributed by atoms with Crippen LogP contribution in [-0.2, 0) is 4.79 Å². The molecule has 0 aliphatic carbocycles. The molecule has 4 N–H and O–H groups in total. The van der Waals surface area contributed by atoms with E-state index in [1.165, 1.54) is 0 Å². The van der Waals surface area contributed by atoms with Crippen molar-refractivity contribution in [2.75, 3.05) is 13.2 Å². The van der Waals surface area contributed by atoms with Crippen LogP contribution in [0.2, 0.25) is 0 Å². The monoisotopic (exact) mass is 403 g/mol. The summed E-state index contributed by atoms with van der Waals surface area (Å²) >= 11 is 0. The van der Waals surface area contributed by atoms with Crippen molar-refractivity contribution in [1.29, 1.82) is 0 Å². The molecule has 5 heteroatoms. The molecule has 0 fully saturated rings. The molecular formula is C24H37NO4. The van der Waals surface area contributed by atoms with Crippen molar-refractivity contribution in [3.63, 3.8) is 0 Å². The molecular weight excluding hydrogens is 366 g/mol. The summed E-state index contributed by atoms with van der Waals surface area (Å²) < 4.78 is 0. The average Bonchev–Trinajstić information content (AvgIpc) is 2.71. The molecule has 0 rings (SSSR count). The van der Waals surface area contributed by atoms with Gasteiger partial charge < -0.3 is 20.6 Å². The third-order valence-corrected chi connectivity index (χ3v) is 3.75. The van der Waals surface area contributed by atoms with Crippen LogP contribution in [0.3, 0.4) is 0 Å². The van der Waals surface area contributed by atoms with Crippen LogP contribution in [-0.4, -0.2) is 46.6 Å². The van der Waals surface area contributed by atoms with Gasteiger partial charge in [-0.05, 0) is 32.1 Å². The van der Waals surface area contributed by atoms with Gasteiger partial charge in [-0.2, -0.15) is 0 Å². The first kappa shape index (κ1) is 26.8. The molecule has 0 saturated heterocycles. The highest BCUT2D eigenvalue weighted by Gasteiger charge is 2.04. The van der Waals surface area contributed by atoms with Crippen LogP contribution >= 0.6 is 0 Å². The Kier molecular flexibility index (Phi) is 19.0. The smallest absolute Gasteiger partial charge is 0.220 e. The van der Waals surface area contributed by atoms with E-state index in [9.17, 15) is 15.0 Å². The second kappa shape index (κ2) is 20.5. The lowest BCUT2D eigenvalue weighted by molar-refractivity contribution is -0.121. The number of nitrogens with one attached hydrogen (secondary N) is 1. The molecule has 0 aliphatic heterocycles. The number of hydrogen-bond acceptors (Lipinski definition) is 4. The van der Waals surface area contributed by atoms with E-state index < -0.39 is 12.2 Å². The van der Waals surface area contributed by atoms with Crippen LogP contribution < -0.4 is 5.32 Å². The van der Waals surface area contributed by atoms with E-state index in [4.69, 9.17) is 5.11 Å². The lowest BCUT2D eigenvalue weighted by Gasteiger charge is -2.05. The molecule has 2 atom stereocenters. The fourth-order valence-electron chi connectivity index (χ4n) is 2.19. The van der Waals surface area contributed by atoms with Crippen molar-refractivity contribution in [2.45, 2.75) is 57.7 Å². The number of carbonyl (C=O) groups is 1. The van der Waals surface area contributed by atoms with Gasteiger partial charge in [0.15, 0.2) is 0 Å². The molecule has 1 amide bonds. The summed E-state index contributed by atoms with van der Waals surface area (Å²) in [4.78, 5) is 11.3. The Morgan fingerprint density at radius 3 is 2.07 bits per heavy atom. The third kappa shape index (κ3) is 20.3. The number of rotatable bonds is 16. The molecule has 0 aromatic heterocycles. The second-order valence-electron chi connectivity index (χ2n) is 6.43. The van der Waals surface area contributed by atoms with Gasteiger partial charge in [0.05, 0.1) is 18.8 Å². The maximum Gasteiger partial charge on any atom is 0.220 e. The van der Waals surface area contributed by atoms with Crippen LogP contribution in [0, 0.1) is 0 Å². The molecule has 29 heavy (non-hydrogen) atoms. The summed E-state index contributed by atoms with van der Waals surface area (Å²) in [7, 11) is 0. The molecule has 0 saturated carbocycles. The Morgan fingerprint density at radius 1 is 0.862 bits per heavy atom. The van der Waals surface area contributed by atoms with Gasteiger partial charge in [0.1, 0.15) is 0 Å². The maximum atomic E-state index is 11.3. The molecule has 162 valence electrons. The van der Waals surface area contributed by atoms with Gasteiger partial charge in [-0.1, -0.05) is 79.8 Å². The highest BCUT2D eigenvalue weighted by atomic mass is 16.3. The van der Waals surface area contributed by atoms with E-state index in [0.29, 0.717) is 12.8 Å². The van der Waals surface area contributed by atoms with E-state index >= 15 is 0 Å². The summed E-state index contributed by atoms with van der Waals surface area (Å²) in [6, 6.07) is 0. The summed E-state index contributed by atoms with van der Waals surface area (Å²) in [5, 5.41) is 30.6. The molecule has 0 radical (unpaired) electrons. The van der Waals surface area contributed by atoms with Gasteiger partial charge >= 0.3 is 0 Å². The van der Waals surface area contributed by atoms with Crippen molar-refractivity contribution >= 4 is 5.91 Å². The lowest BCUT2D eigenvalue weighted by atomic mass is 10.1. The molecule has 2 unspecified atom stereocenters. The third-order valence-electron chi connectivity index (χ3n) is 3.75. The zero-order chi connectivity index (χ0) is 21.6. The zero-order valence-electron chi connectivity index (χ0n) is 17.5. The highest BCUT2D eigenvalue weighted by Crippen LogP contribution is 2.00. The van der Waals surface area contributed by atoms with Crippen LogP contribution in [0.15, 0.2) is 72.9 Å². The normalized spacial score (nSPS) is 15.0. The summed E-state index contributed by atoms with van der Waals surface area (Å²) in [5.74, 6) is -0.169. The van der Waals surface area contributed by atoms with Gasteiger partial charge in [-0.3, -0.25) is 4.79 Å². The molecule has 0 aromatic carbocycles. The topological polar surface area (TPSA) is 89.8 Å². The van der Waals surface area contributed by atoms with Crippen LogP contribution in [0.5, 0.6) is 0 Å². The maximum absolute atomic E-state index is 11.3. The SMILES string of the molecule is CC/C=C\CC(O)C=C/C=C\C/C=C\C/C=C\C=CC(O)CCC(=O)NCCO. The predicted molar refractivity (Wildman–Crippen MR) is 120 cm³/mol. The number of hydrogen-bond donors (Lipinski definition) is 4. The largest absolute Gasteiger partial charge is 0.395 e. The van der Waals surface area contributed by atoms with Crippen LogP contribution in [0.1, 0.15) is 45.4 Å². The number of amides is 1. The van der Waals surface area contributed by atoms with Crippen molar-refractivity contribution in [3.8, 4) is 0 Å². The molecule has 0 heterocycles. The fraction of sp³-hybridized carbons (Fsp3) is 0.458. The van der Waals surface area contributed by atoms with E-state index in [2.05, 4.69) is 24.4 Å². The van der Waals surface area contributed by atoms with Crippen molar-refractivity contribution in [1.82, 2.24) is 5.32 Å². The van der Waals surface area contributed by atoms with Crippen molar-refractivity contribution in [2.24, 2.45) is 0 Å². The van der Waals surface area contributed by atoms with E-state index in [1.807, 2.05) is 42.5 Å². The van der Waals surface area contributed by atoms with Gasteiger partial charge in [0, 0.05) is 13.0 Å². The van der Waals surface area contributed by atoms with Gasteiger partial charge in [-0.25, -0.2) is 0 Å². The van der Waals surface area contributed by atoms with Crippen molar-refractivity contribution < 1.29 is 20.1 Å². The van der Waals surface area contributed by atoms with E-state index in [0.717, 1.165) is 19.3 Å². The minimum absolute atomic E-state index is 0.0812. The number of aliphatic hydroxyl groups excluding tert-OH is 3. The van der Waals surface area contributed by atoms with Gasteiger partial charge in [0.25, 0.3) is 0 Å². The Balaban J connectivity index is 3.82. The number of carbonyl (C=O) groups excluding carboxylic acids is 1. The molecule has 0 aromatic rings. The van der Waals surface area contributed by atoms with Crippen LogP contribution in [0.4, 0.5) is 0 Å². The Hall–Kier alpha value is -2.21. The first-order chi connectivity index (χ1) is 14.1. The summed E-state index contributed by atoms with van der Waals surface area (Å²) in [6.45, 7) is 2.23. The average molecular weight is 404 g/mol. The van der Waals surface area contributed by atoms with Gasteiger partial charge in [0.2, 0.25) is 5.91 Å². The molecule has 0 bridgehead atoms. The van der Waals surface area contributed by atoms with Gasteiger partial charge in [-0.15, -0.1) is 0 Å². The molecule has 5 nitrogen and oxygen atoms in total. The predicted octanol–water partition coefficient (Wildman–Crippen LogP) is 3.51. The highest BCUT2D eigenvalue weighted by molar-refractivity contribution is 5.75. The Bertz CT molecular complexity index is 573. The minimum Gasteiger partial charge on any atom is -0.395 e. The van der Waals surface area contributed by atoms with E-state index in [1.54, 1.807) is 18.2 Å². The van der Waals surface area contributed by atoms with Crippen LogP contribution in [0.25, 0.3) is 0 Å². The first-order valence-electron chi connectivity index (χ1n) is 10.3. The Labute approximate surface area is 175 Å². The minimum atomic E-state index is -0.658. The van der Waals surface area contributed by atoms with Crippen molar-refractivity contribution in [3.05, 3.63) is 72.9 Å². The summed E-state index contributed by atoms with van der Waals surface area (Å²) in [5.41, 5.74) is 0. The molecule has 0 spiro atoms. The number of allylic oxidation sites excluding steroid dienone is 9. The summed E-state index contributed by atoms with van der Waals surface area (Å²) in [6.07, 6.45) is 25.8. The lowest BCUT2D eigenvalue weighted by Crippen LogP contribution is -2.26. The fourth-order valence-corrected chi connectivity index (χ4v) is 2.19. The zero-order valence-corrected chi connectivity index (χ0v) is 17.5. The second-order valence-corrected chi connectivity index (χ2v) is 6.43. The quantitative estimate of drug-likeness (QED) is 0.234. The standard InChI is InChI=1S/C24H37NO4/c1-2-3-12-15-22(27)16-13-10-8-6-4-5-7-9-11-14-17-23(28)18-19-24(29)25-20-21-26/h3-5,8-14,16-17,22-23,26-28H,2,6-7,15,18-21H2,1H3,(H,25,29)/b5-4-,10-8-,11-9-,12-3-,16-13?,17-14?. The Morgan fingerprint density at radius 2 is 1.48 bits per heavy atom. The number of aliphatic hydroxyl groups is 3. The first-order valence-corrected chi connectivity index (χ1v) is 10.3. The molecule has 0 aliphatic rings. The van der Waals surface area contributed by atoms with E-state index in [-0.39, 0.29) is 25.5 Å².